The van der Waals surface area contributed by atoms with E-state index in [-0.39, 0.29) is 0 Å². The molecule has 0 heterocycles. The fourth-order valence-electron chi connectivity index (χ4n) is 1.72. The van der Waals surface area contributed by atoms with Gasteiger partial charge in [-0.1, -0.05) is 19.9 Å². The first kappa shape index (κ1) is 9.30. The first-order chi connectivity index (χ1) is 5.64. The SMILES string of the molecule is CC1(C)C=C(COC=O)CCC1. The number of ether oxygens (including phenoxy) is 1. The maximum atomic E-state index is 9.96. The fraction of sp³-hybridized carbons (Fsp3) is 0.700. The maximum absolute atomic E-state index is 9.96. The minimum Gasteiger partial charge on any atom is -0.463 e. The Morgan fingerprint density at radius 3 is 3.00 bits per heavy atom. The van der Waals surface area contributed by atoms with Gasteiger partial charge in [0.15, 0.2) is 0 Å². The van der Waals surface area contributed by atoms with E-state index in [1.807, 2.05) is 0 Å². The van der Waals surface area contributed by atoms with Gasteiger partial charge in [-0.05, 0) is 30.3 Å². The highest BCUT2D eigenvalue weighted by Crippen LogP contribution is 2.32. The zero-order valence-corrected chi connectivity index (χ0v) is 7.80. The molecule has 0 aliphatic heterocycles. The van der Waals surface area contributed by atoms with Crippen LogP contribution in [0.2, 0.25) is 0 Å². The Morgan fingerprint density at radius 1 is 1.67 bits per heavy atom. The molecule has 1 aliphatic rings. The van der Waals surface area contributed by atoms with Gasteiger partial charge in [0.05, 0.1) is 0 Å². The Kier molecular flexibility index (Phi) is 2.90. The van der Waals surface area contributed by atoms with Crippen LogP contribution in [0.4, 0.5) is 0 Å². The second kappa shape index (κ2) is 3.74. The summed E-state index contributed by atoms with van der Waals surface area (Å²) in [6.45, 7) is 5.43. The van der Waals surface area contributed by atoms with Crippen molar-refractivity contribution in [3.63, 3.8) is 0 Å². The Morgan fingerprint density at radius 2 is 2.42 bits per heavy atom. The summed E-state index contributed by atoms with van der Waals surface area (Å²) in [5.41, 5.74) is 1.55. The van der Waals surface area contributed by atoms with Crippen LogP contribution in [-0.4, -0.2) is 13.1 Å². The summed E-state index contributed by atoms with van der Waals surface area (Å²) in [6, 6.07) is 0. The van der Waals surface area contributed by atoms with Crippen molar-refractivity contribution in [3.05, 3.63) is 11.6 Å². The number of carbonyl (C=O) groups is 1. The van der Waals surface area contributed by atoms with Crippen LogP contribution in [0.1, 0.15) is 33.1 Å². The van der Waals surface area contributed by atoms with Crippen LogP contribution in [0.3, 0.4) is 0 Å². The fourth-order valence-corrected chi connectivity index (χ4v) is 1.72. The van der Waals surface area contributed by atoms with Crippen LogP contribution >= 0.6 is 0 Å². The number of carbonyl (C=O) groups excluding carboxylic acids is 1. The first-order valence-electron chi connectivity index (χ1n) is 4.40. The minimum atomic E-state index is 0.291. The number of allylic oxidation sites excluding steroid dienone is 1. The first-order valence-corrected chi connectivity index (χ1v) is 4.40. The molecule has 0 saturated carbocycles. The molecule has 0 spiro atoms. The Balaban J connectivity index is 2.52. The number of hydrogen-bond donors (Lipinski definition) is 0. The minimum absolute atomic E-state index is 0.291. The van der Waals surface area contributed by atoms with E-state index in [2.05, 4.69) is 19.9 Å². The highest BCUT2D eigenvalue weighted by Gasteiger charge is 2.20. The van der Waals surface area contributed by atoms with E-state index in [4.69, 9.17) is 4.74 Å². The van der Waals surface area contributed by atoms with Crippen molar-refractivity contribution in [1.82, 2.24) is 0 Å². The molecule has 2 nitrogen and oxygen atoms in total. The van der Waals surface area contributed by atoms with Crippen molar-refractivity contribution in [2.24, 2.45) is 5.41 Å². The van der Waals surface area contributed by atoms with Crippen LogP contribution < -0.4 is 0 Å². The molecule has 0 saturated heterocycles. The summed E-state index contributed by atoms with van der Waals surface area (Å²) in [5.74, 6) is 0. The van der Waals surface area contributed by atoms with Gasteiger partial charge in [0.2, 0.25) is 0 Å². The lowest BCUT2D eigenvalue weighted by Gasteiger charge is -2.26. The molecule has 12 heavy (non-hydrogen) atoms. The van der Waals surface area contributed by atoms with Crippen LogP contribution in [0.25, 0.3) is 0 Å². The summed E-state index contributed by atoms with van der Waals surface area (Å²) in [6.07, 6.45) is 5.76. The lowest BCUT2D eigenvalue weighted by Crippen LogP contribution is -2.15. The van der Waals surface area contributed by atoms with E-state index in [1.54, 1.807) is 0 Å². The summed E-state index contributed by atoms with van der Waals surface area (Å²) < 4.78 is 4.72. The highest BCUT2D eigenvalue weighted by molar-refractivity contribution is 5.37. The second-order valence-corrected chi connectivity index (χ2v) is 4.05. The van der Waals surface area contributed by atoms with E-state index >= 15 is 0 Å². The predicted octanol–water partition coefficient (Wildman–Crippen LogP) is 2.30. The zero-order chi connectivity index (χ0) is 9.03. The largest absolute Gasteiger partial charge is 0.463 e. The maximum Gasteiger partial charge on any atom is 0.293 e. The second-order valence-electron chi connectivity index (χ2n) is 4.05. The molecular weight excluding hydrogens is 152 g/mol. The Labute approximate surface area is 73.6 Å². The summed E-state index contributed by atoms with van der Waals surface area (Å²) in [5, 5.41) is 0. The predicted molar refractivity (Wildman–Crippen MR) is 47.7 cm³/mol. The molecule has 0 bridgehead atoms. The molecule has 1 aliphatic carbocycles. The van der Waals surface area contributed by atoms with E-state index in [0.29, 0.717) is 18.5 Å². The summed E-state index contributed by atoms with van der Waals surface area (Å²) in [7, 11) is 0. The van der Waals surface area contributed by atoms with Crippen molar-refractivity contribution in [2.75, 3.05) is 6.61 Å². The van der Waals surface area contributed by atoms with Gasteiger partial charge in [-0.25, -0.2) is 0 Å². The quantitative estimate of drug-likeness (QED) is 0.477. The van der Waals surface area contributed by atoms with Gasteiger partial charge in [0, 0.05) is 0 Å². The topological polar surface area (TPSA) is 26.3 Å². The lowest BCUT2D eigenvalue weighted by molar-refractivity contribution is -0.127. The number of rotatable bonds is 3. The Bertz CT molecular complexity index is 192. The van der Waals surface area contributed by atoms with Crippen molar-refractivity contribution < 1.29 is 9.53 Å². The Hall–Kier alpha value is -0.790. The smallest absolute Gasteiger partial charge is 0.293 e. The molecule has 1 rings (SSSR count). The van der Waals surface area contributed by atoms with Gasteiger partial charge in [-0.3, -0.25) is 4.79 Å². The molecule has 0 unspecified atom stereocenters. The van der Waals surface area contributed by atoms with E-state index < -0.39 is 0 Å². The van der Waals surface area contributed by atoms with Crippen LogP contribution in [0, 0.1) is 5.41 Å². The molecule has 0 aromatic rings. The van der Waals surface area contributed by atoms with Gasteiger partial charge >= 0.3 is 0 Å². The highest BCUT2D eigenvalue weighted by atomic mass is 16.5. The average Bonchev–Trinajstić information content (AvgIpc) is 1.99. The third kappa shape index (κ3) is 2.68. The lowest BCUT2D eigenvalue weighted by atomic mass is 9.80. The molecule has 0 amide bonds. The molecule has 0 fully saturated rings. The van der Waals surface area contributed by atoms with Crippen LogP contribution in [0.15, 0.2) is 11.6 Å². The molecule has 2 heteroatoms. The summed E-state index contributed by atoms with van der Waals surface area (Å²) in [4.78, 5) is 9.96. The summed E-state index contributed by atoms with van der Waals surface area (Å²) >= 11 is 0. The molecule has 0 radical (unpaired) electrons. The van der Waals surface area contributed by atoms with Crippen molar-refractivity contribution in [2.45, 2.75) is 33.1 Å². The monoisotopic (exact) mass is 168 g/mol. The zero-order valence-electron chi connectivity index (χ0n) is 7.80. The van der Waals surface area contributed by atoms with Gasteiger partial charge in [0.1, 0.15) is 6.61 Å². The molecule has 0 N–H and O–H groups in total. The molecule has 68 valence electrons. The standard InChI is InChI=1S/C10H16O2/c1-10(2)5-3-4-9(6-10)7-12-8-11/h6,8H,3-5,7H2,1-2H3. The molecule has 0 aromatic carbocycles. The van der Waals surface area contributed by atoms with E-state index in [0.717, 1.165) is 6.42 Å². The van der Waals surface area contributed by atoms with Gasteiger partial charge in [-0.2, -0.15) is 0 Å². The van der Waals surface area contributed by atoms with Crippen LogP contribution in [0.5, 0.6) is 0 Å². The van der Waals surface area contributed by atoms with Gasteiger partial charge < -0.3 is 4.74 Å². The van der Waals surface area contributed by atoms with Gasteiger partial charge in [0.25, 0.3) is 6.47 Å². The van der Waals surface area contributed by atoms with E-state index in [9.17, 15) is 4.79 Å². The molecule has 0 atom stereocenters. The van der Waals surface area contributed by atoms with Crippen molar-refractivity contribution in [3.8, 4) is 0 Å². The van der Waals surface area contributed by atoms with Crippen LogP contribution in [-0.2, 0) is 9.53 Å². The average molecular weight is 168 g/mol. The van der Waals surface area contributed by atoms with Crippen molar-refractivity contribution in [1.29, 1.82) is 0 Å². The number of hydrogen-bond acceptors (Lipinski definition) is 2. The van der Waals surface area contributed by atoms with Crippen molar-refractivity contribution >= 4 is 6.47 Å². The third-order valence-corrected chi connectivity index (χ3v) is 2.25. The van der Waals surface area contributed by atoms with E-state index in [1.165, 1.54) is 18.4 Å². The molecule has 0 aromatic heterocycles. The normalized spacial score (nSPS) is 21.3. The third-order valence-electron chi connectivity index (χ3n) is 2.25. The van der Waals surface area contributed by atoms with Gasteiger partial charge in [-0.15, -0.1) is 0 Å². The molecular formula is C10H16O2.